The standard InChI is InChI=1S/C20H20BrN3O2/c1-15(26-19-10-6-5-9-18(19)21)20(25)23-17-13-22-24(14-17)12-11-16-7-3-2-4-8-16/h2-10,13-15H,11-12H2,1H3,(H,23,25). The first kappa shape index (κ1) is 18.2. The highest BCUT2D eigenvalue weighted by molar-refractivity contribution is 9.10. The van der Waals surface area contributed by atoms with Crippen molar-refractivity contribution in [3.05, 3.63) is 77.0 Å². The van der Waals surface area contributed by atoms with E-state index in [1.165, 1.54) is 5.56 Å². The quantitative estimate of drug-likeness (QED) is 0.628. The molecule has 1 atom stereocenters. The zero-order valence-electron chi connectivity index (χ0n) is 14.4. The van der Waals surface area contributed by atoms with Crippen LogP contribution in [0.5, 0.6) is 5.75 Å². The Morgan fingerprint density at radius 2 is 1.92 bits per heavy atom. The number of hydrogen-bond donors (Lipinski definition) is 1. The third-order valence-corrected chi connectivity index (χ3v) is 4.54. The van der Waals surface area contributed by atoms with Crippen molar-refractivity contribution in [1.82, 2.24) is 9.78 Å². The SMILES string of the molecule is CC(Oc1ccccc1Br)C(=O)Nc1cnn(CCc2ccccc2)c1. The van der Waals surface area contributed by atoms with E-state index < -0.39 is 6.10 Å². The monoisotopic (exact) mass is 413 g/mol. The minimum atomic E-state index is -0.624. The molecule has 3 rings (SSSR count). The number of carbonyl (C=O) groups is 1. The van der Waals surface area contributed by atoms with Gasteiger partial charge >= 0.3 is 0 Å². The number of halogens is 1. The minimum Gasteiger partial charge on any atom is -0.480 e. The molecule has 0 aliphatic heterocycles. The van der Waals surface area contributed by atoms with Gasteiger partial charge < -0.3 is 10.1 Å². The molecular weight excluding hydrogens is 394 g/mol. The van der Waals surface area contributed by atoms with Crippen LogP contribution >= 0.6 is 15.9 Å². The van der Waals surface area contributed by atoms with Gasteiger partial charge in [-0.25, -0.2) is 0 Å². The van der Waals surface area contributed by atoms with Crippen LogP contribution in [0, 0.1) is 0 Å². The molecule has 0 aliphatic rings. The summed E-state index contributed by atoms with van der Waals surface area (Å²) in [6, 6.07) is 17.7. The van der Waals surface area contributed by atoms with Crippen LogP contribution in [0.2, 0.25) is 0 Å². The molecule has 0 fully saturated rings. The van der Waals surface area contributed by atoms with Gasteiger partial charge in [0.15, 0.2) is 6.10 Å². The number of benzene rings is 2. The predicted molar refractivity (Wildman–Crippen MR) is 105 cm³/mol. The molecular formula is C20H20BrN3O2. The van der Waals surface area contributed by atoms with E-state index in [2.05, 4.69) is 38.5 Å². The number of rotatable bonds is 7. The van der Waals surface area contributed by atoms with E-state index in [9.17, 15) is 4.79 Å². The fourth-order valence-corrected chi connectivity index (χ4v) is 2.85. The molecule has 0 saturated carbocycles. The Hall–Kier alpha value is -2.60. The van der Waals surface area contributed by atoms with Crippen LogP contribution in [-0.2, 0) is 17.8 Å². The molecule has 1 amide bonds. The summed E-state index contributed by atoms with van der Waals surface area (Å²) in [5.74, 6) is 0.414. The lowest BCUT2D eigenvalue weighted by Gasteiger charge is -2.15. The molecule has 6 heteroatoms. The van der Waals surface area contributed by atoms with Crippen molar-refractivity contribution in [1.29, 1.82) is 0 Å². The molecule has 0 radical (unpaired) electrons. The van der Waals surface area contributed by atoms with Gasteiger partial charge in [0.2, 0.25) is 0 Å². The van der Waals surface area contributed by atoms with Gasteiger partial charge in [0.25, 0.3) is 5.91 Å². The number of anilines is 1. The molecule has 0 aliphatic carbocycles. The third kappa shape index (κ3) is 4.95. The number of nitrogens with zero attached hydrogens (tertiary/aromatic N) is 2. The molecule has 1 aromatic heterocycles. The maximum Gasteiger partial charge on any atom is 0.265 e. The Morgan fingerprint density at radius 3 is 2.69 bits per heavy atom. The summed E-state index contributed by atoms with van der Waals surface area (Å²) in [6.07, 6.45) is 3.73. The number of nitrogens with one attached hydrogen (secondary N) is 1. The van der Waals surface area contributed by atoms with Crippen LogP contribution in [0.25, 0.3) is 0 Å². The summed E-state index contributed by atoms with van der Waals surface area (Å²) in [6.45, 7) is 2.47. The Bertz CT molecular complexity index is 864. The van der Waals surface area contributed by atoms with E-state index in [0.717, 1.165) is 17.4 Å². The smallest absolute Gasteiger partial charge is 0.265 e. The summed E-state index contributed by atoms with van der Waals surface area (Å²) >= 11 is 3.41. The maximum absolute atomic E-state index is 12.3. The van der Waals surface area contributed by atoms with Crippen molar-refractivity contribution < 1.29 is 9.53 Å². The van der Waals surface area contributed by atoms with Gasteiger partial charge in [-0.3, -0.25) is 9.48 Å². The van der Waals surface area contributed by atoms with Gasteiger partial charge in [0.05, 0.1) is 16.4 Å². The van der Waals surface area contributed by atoms with Crippen LogP contribution in [0.3, 0.4) is 0 Å². The van der Waals surface area contributed by atoms with Gasteiger partial charge in [0.1, 0.15) is 5.75 Å². The zero-order chi connectivity index (χ0) is 18.4. The van der Waals surface area contributed by atoms with Gasteiger partial charge in [0, 0.05) is 12.7 Å². The molecule has 1 unspecified atom stereocenters. The van der Waals surface area contributed by atoms with Crippen molar-refractivity contribution in [3.63, 3.8) is 0 Å². The predicted octanol–water partition coefficient (Wildman–Crippen LogP) is 4.29. The Kier molecular flexibility index (Phi) is 6.07. The highest BCUT2D eigenvalue weighted by Gasteiger charge is 2.16. The summed E-state index contributed by atoms with van der Waals surface area (Å²) in [4.78, 5) is 12.3. The molecule has 134 valence electrons. The second-order valence-corrected chi connectivity index (χ2v) is 6.76. The Balaban J connectivity index is 1.53. The van der Waals surface area contributed by atoms with Crippen molar-refractivity contribution in [2.24, 2.45) is 0 Å². The minimum absolute atomic E-state index is 0.219. The van der Waals surface area contributed by atoms with Crippen molar-refractivity contribution in [2.45, 2.75) is 26.0 Å². The zero-order valence-corrected chi connectivity index (χ0v) is 16.0. The molecule has 1 N–H and O–H groups in total. The number of aromatic nitrogens is 2. The van der Waals surface area contributed by atoms with E-state index in [-0.39, 0.29) is 5.91 Å². The van der Waals surface area contributed by atoms with Crippen LogP contribution < -0.4 is 10.1 Å². The fourth-order valence-electron chi connectivity index (χ4n) is 2.47. The summed E-state index contributed by atoms with van der Waals surface area (Å²) < 4.78 is 8.34. The van der Waals surface area contributed by atoms with Crippen LogP contribution in [0.4, 0.5) is 5.69 Å². The lowest BCUT2D eigenvalue weighted by atomic mass is 10.1. The largest absolute Gasteiger partial charge is 0.480 e. The van der Waals surface area contributed by atoms with E-state index in [4.69, 9.17) is 4.74 Å². The molecule has 0 saturated heterocycles. The van der Waals surface area contributed by atoms with Gasteiger partial charge in [-0.2, -0.15) is 5.10 Å². The number of ether oxygens (including phenoxy) is 1. The summed E-state index contributed by atoms with van der Waals surface area (Å²) in [7, 11) is 0. The highest BCUT2D eigenvalue weighted by Crippen LogP contribution is 2.25. The van der Waals surface area contributed by atoms with Crippen LogP contribution in [0.1, 0.15) is 12.5 Å². The first-order chi connectivity index (χ1) is 12.6. The average Bonchev–Trinajstić information content (AvgIpc) is 3.10. The topological polar surface area (TPSA) is 56.1 Å². The van der Waals surface area contributed by atoms with Crippen LogP contribution in [-0.4, -0.2) is 21.8 Å². The second kappa shape index (κ2) is 8.67. The highest BCUT2D eigenvalue weighted by atomic mass is 79.9. The number of para-hydroxylation sites is 1. The molecule has 0 spiro atoms. The van der Waals surface area contributed by atoms with E-state index >= 15 is 0 Å². The number of carbonyl (C=O) groups excluding carboxylic acids is 1. The first-order valence-corrected chi connectivity index (χ1v) is 9.19. The normalized spacial score (nSPS) is 11.8. The molecule has 1 heterocycles. The Labute approximate surface area is 161 Å². The average molecular weight is 414 g/mol. The third-order valence-electron chi connectivity index (χ3n) is 3.88. The molecule has 5 nitrogen and oxygen atoms in total. The number of aryl methyl sites for hydroxylation is 2. The van der Waals surface area contributed by atoms with Crippen molar-refractivity contribution in [2.75, 3.05) is 5.32 Å². The lowest BCUT2D eigenvalue weighted by molar-refractivity contribution is -0.122. The van der Waals surface area contributed by atoms with Gasteiger partial charge in [-0.05, 0) is 47.0 Å². The molecule has 2 aromatic carbocycles. The number of hydrogen-bond acceptors (Lipinski definition) is 3. The molecule has 26 heavy (non-hydrogen) atoms. The van der Waals surface area contributed by atoms with Crippen LogP contribution in [0.15, 0.2) is 71.5 Å². The van der Waals surface area contributed by atoms with E-state index in [0.29, 0.717) is 11.4 Å². The number of amides is 1. The fraction of sp³-hybridized carbons (Fsp3) is 0.200. The van der Waals surface area contributed by atoms with Crippen molar-refractivity contribution >= 4 is 27.5 Å². The molecule has 3 aromatic rings. The molecule has 0 bridgehead atoms. The van der Waals surface area contributed by atoms with E-state index in [1.54, 1.807) is 13.1 Å². The Morgan fingerprint density at radius 1 is 1.19 bits per heavy atom. The van der Waals surface area contributed by atoms with E-state index in [1.807, 2.05) is 53.3 Å². The first-order valence-electron chi connectivity index (χ1n) is 8.40. The second-order valence-electron chi connectivity index (χ2n) is 5.91. The summed E-state index contributed by atoms with van der Waals surface area (Å²) in [5, 5.41) is 7.13. The lowest BCUT2D eigenvalue weighted by Crippen LogP contribution is -2.30. The summed E-state index contributed by atoms with van der Waals surface area (Å²) in [5.41, 5.74) is 1.91. The van der Waals surface area contributed by atoms with Crippen molar-refractivity contribution in [3.8, 4) is 5.75 Å². The van der Waals surface area contributed by atoms with Gasteiger partial charge in [-0.1, -0.05) is 42.5 Å². The maximum atomic E-state index is 12.3. The van der Waals surface area contributed by atoms with Gasteiger partial charge in [-0.15, -0.1) is 0 Å².